The van der Waals surface area contributed by atoms with Crippen LogP contribution in [0.5, 0.6) is 0 Å². The molecule has 0 bridgehead atoms. The fraction of sp³-hybridized carbons (Fsp3) is 0.600. The Hall–Kier alpha value is -1.36. The molecule has 0 aliphatic rings. The monoisotopic (exact) mass is 294 g/mol. The lowest BCUT2D eigenvalue weighted by Gasteiger charge is -2.21. The van der Waals surface area contributed by atoms with Gasteiger partial charge in [-0.25, -0.2) is 4.98 Å². The van der Waals surface area contributed by atoms with E-state index in [1.807, 2.05) is 12.3 Å². The fourth-order valence-corrected chi connectivity index (χ4v) is 2.60. The van der Waals surface area contributed by atoms with Crippen molar-refractivity contribution in [1.29, 1.82) is 0 Å². The van der Waals surface area contributed by atoms with Crippen molar-refractivity contribution >= 4 is 17.3 Å². The molecule has 20 heavy (non-hydrogen) atoms. The van der Waals surface area contributed by atoms with Crippen LogP contribution in [0.4, 0.5) is 0 Å². The molecule has 0 saturated carbocycles. The number of hydrogen-bond donors (Lipinski definition) is 1. The molecule has 0 spiro atoms. The molecule has 1 heterocycles. The zero-order valence-corrected chi connectivity index (χ0v) is 13.7. The summed E-state index contributed by atoms with van der Waals surface area (Å²) in [6.07, 6.45) is 6.95. The van der Waals surface area contributed by atoms with E-state index in [-0.39, 0.29) is 0 Å². The molecule has 0 aliphatic heterocycles. The molecule has 0 fully saturated rings. The van der Waals surface area contributed by atoms with E-state index in [0.717, 1.165) is 49.9 Å². The second-order valence-electron chi connectivity index (χ2n) is 4.70. The fourth-order valence-electron chi connectivity index (χ4n) is 1.82. The lowest BCUT2D eigenvalue weighted by atomic mass is 10.3. The molecule has 1 N–H and O–H groups in total. The summed E-state index contributed by atoms with van der Waals surface area (Å²) in [7, 11) is 2.08. The van der Waals surface area contributed by atoms with Crippen molar-refractivity contribution in [2.24, 2.45) is 4.99 Å². The number of aryl methyl sites for hydroxylation is 1. The average molecular weight is 294 g/mol. The highest BCUT2D eigenvalue weighted by Crippen LogP contribution is 2.11. The number of guanidine groups is 1. The highest BCUT2D eigenvalue weighted by Gasteiger charge is 2.05. The SMILES string of the molecule is C=CCCCN(C)C(=NCCc1ncc(C)s1)NCC. The van der Waals surface area contributed by atoms with Crippen LogP contribution in [0.1, 0.15) is 29.7 Å². The second kappa shape index (κ2) is 9.53. The molecule has 1 aromatic heterocycles. The predicted molar refractivity (Wildman–Crippen MR) is 88.6 cm³/mol. The van der Waals surface area contributed by atoms with Crippen LogP contribution < -0.4 is 5.32 Å². The first-order valence-electron chi connectivity index (χ1n) is 7.19. The van der Waals surface area contributed by atoms with Crippen LogP contribution in [0.3, 0.4) is 0 Å². The van der Waals surface area contributed by atoms with E-state index in [2.05, 4.69) is 47.7 Å². The summed E-state index contributed by atoms with van der Waals surface area (Å²) < 4.78 is 0. The van der Waals surface area contributed by atoms with Crippen LogP contribution in [0, 0.1) is 6.92 Å². The summed E-state index contributed by atoms with van der Waals surface area (Å²) in [5.74, 6) is 0.977. The maximum atomic E-state index is 4.67. The van der Waals surface area contributed by atoms with Crippen LogP contribution in [-0.4, -0.2) is 42.5 Å². The third-order valence-corrected chi connectivity index (χ3v) is 3.83. The van der Waals surface area contributed by atoms with Gasteiger partial charge in [0.1, 0.15) is 0 Å². The zero-order chi connectivity index (χ0) is 14.8. The van der Waals surface area contributed by atoms with E-state index in [1.54, 1.807) is 11.3 Å². The van der Waals surface area contributed by atoms with Crippen LogP contribution in [-0.2, 0) is 6.42 Å². The number of hydrogen-bond acceptors (Lipinski definition) is 3. The van der Waals surface area contributed by atoms with Crippen molar-refractivity contribution in [3.8, 4) is 0 Å². The Kier molecular flexibility index (Phi) is 7.95. The van der Waals surface area contributed by atoms with Crippen molar-refractivity contribution in [3.05, 3.63) is 28.7 Å². The number of allylic oxidation sites excluding steroid dienone is 1. The minimum atomic E-state index is 0.779. The normalized spacial score (nSPS) is 11.4. The molecule has 1 aromatic rings. The van der Waals surface area contributed by atoms with E-state index < -0.39 is 0 Å². The van der Waals surface area contributed by atoms with Gasteiger partial charge in [0.15, 0.2) is 5.96 Å². The number of nitrogens with one attached hydrogen (secondary N) is 1. The minimum Gasteiger partial charge on any atom is -0.357 e. The van der Waals surface area contributed by atoms with E-state index in [9.17, 15) is 0 Å². The largest absolute Gasteiger partial charge is 0.357 e. The number of aromatic nitrogens is 1. The van der Waals surface area contributed by atoms with Gasteiger partial charge < -0.3 is 10.2 Å². The Morgan fingerprint density at radius 2 is 2.40 bits per heavy atom. The molecule has 1 rings (SSSR count). The lowest BCUT2D eigenvalue weighted by Crippen LogP contribution is -2.39. The van der Waals surface area contributed by atoms with E-state index in [4.69, 9.17) is 0 Å². The van der Waals surface area contributed by atoms with Gasteiger partial charge in [0.2, 0.25) is 0 Å². The number of nitrogens with zero attached hydrogens (tertiary/aromatic N) is 3. The number of thiazole rings is 1. The third kappa shape index (κ3) is 6.19. The standard InChI is InChI=1S/C15H26N4S/c1-5-7-8-11-19(4)15(16-6-2)17-10-9-14-18-12-13(3)20-14/h5,12H,1,6-11H2,2-4H3,(H,16,17). The van der Waals surface area contributed by atoms with Gasteiger partial charge in [0.25, 0.3) is 0 Å². The predicted octanol–water partition coefficient (Wildman–Crippen LogP) is 2.86. The van der Waals surface area contributed by atoms with Gasteiger partial charge in [-0.3, -0.25) is 4.99 Å². The van der Waals surface area contributed by atoms with E-state index in [1.165, 1.54) is 4.88 Å². The van der Waals surface area contributed by atoms with E-state index in [0.29, 0.717) is 0 Å². The molecule has 5 heteroatoms. The first kappa shape index (κ1) is 16.7. The van der Waals surface area contributed by atoms with Crippen molar-refractivity contribution in [1.82, 2.24) is 15.2 Å². The second-order valence-corrected chi connectivity index (χ2v) is 6.02. The smallest absolute Gasteiger partial charge is 0.193 e. The Morgan fingerprint density at radius 1 is 1.60 bits per heavy atom. The first-order valence-corrected chi connectivity index (χ1v) is 8.00. The van der Waals surface area contributed by atoms with Gasteiger partial charge in [-0.05, 0) is 26.7 Å². The van der Waals surface area contributed by atoms with Crippen LogP contribution in [0.15, 0.2) is 23.8 Å². The van der Waals surface area contributed by atoms with Gasteiger partial charge in [-0.1, -0.05) is 6.08 Å². The quantitative estimate of drug-likeness (QED) is 0.347. The molecule has 0 saturated heterocycles. The minimum absolute atomic E-state index is 0.779. The van der Waals surface area contributed by atoms with Crippen molar-refractivity contribution < 1.29 is 0 Å². The number of aliphatic imine (C=N–C) groups is 1. The Labute approximate surface area is 126 Å². The van der Waals surface area contributed by atoms with Gasteiger partial charge in [0.05, 0.1) is 5.01 Å². The molecule has 112 valence electrons. The summed E-state index contributed by atoms with van der Waals surface area (Å²) in [6, 6.07) is 0. The summed E-state index contributed by atoms with van der Waals surface area (Å²) in [4.78, 5) is 12.5. The Balaban J connectivity index is 2.46. The maximum absolute atomic E-state index is 4.67. The number of unbranched alkanes of at least 4 members (excludes halogenated alkanes) is 1. The molecule has 4 nitrogen and oxygen atoms in total. The van der Waals surface area contributed by atoms with Crippen LogP contribution >= 0.6 is 11.3 Å². The van der Waals surface area contributed by atoms with Crippen molar-refractivity contribution in [2.75, 3.05) is 26.7 Å². The molecule has 0 amide bonds. The van der Waals surface area contributed by atoms with Gasteiger partial charge in [-0.15, -0.1) is 17.9 Å². The average Bonchev–Trinajstić information content (AvgIpc) is 2.83. The summed E-state index contributed by atoms with van der Waals surface area (Å²) in [5.41, 5.74) is 0. The summed E-state index contributed by atoms with van der Waals surface area (Å²) in [5, 5.41) is 4.50. The molecule has 0 aliphatic carbocycles. The van der Waals surface area contributed by atoms with Crippen molar-refractivity contribution in [3.63, 3.8) is 0 Å². The topological polar surface area (TPSA) is 40.5 Å². The van der Waals surface area contributed by atoms with E-state index >= 15 is 0 Å². The third-order valence-electron chi connectivity index (χ3n) is 2.85. The molecule has 0 aromatic carbocycles. The number of rotatable bonds is 8. The molecule has 0 unspecified atom stereocenters. The maximum Gasteiger partial charge on any atom is 0.193 e. The zero-order valence-electron chi connectivity index (χ0n) is 12.9. The summed E-state index contributed by atoms with van der Waals surface area (Å²) >= 11 is 1.75. The molecule has 0 radical (unpaired) electrons. The van der Waals surface area contributed by atoms with Crippen molar-refractivity contribution in [2.45, 2.75) is 33.1 Å². The molecule has 0 atom stereocenters. The first-order chi connectivity index (χ1) is 9.67. The van der Waals surface area contributed by atoms with Crippen LogP contribution in [0.25, 0.3) is 0 Å². The lowest BCUT2D eigenvalue weighted by molar-refractivity contribution is 0.470. The highest BCUT2D eigenvalue weighted by molar-refractivity contribution is 7.11. The molecular weight excluding hydrogens is 268 g/mol. The van der Waals surface area contributed by atoms with Gasteiger partial charge in [0, 0.05) is 44.2 Å². The summed E-state index contributed by atoms with van der Waals surface area (Å²) in [6.45, 7) is 10.6. The van der Waals surface area contributed by atoms with Gasteiger partial charge >= 0.3 is 0 Å². The van der Waals surface area contributed by atoms with Crippen LogP contribution in [0.2, 0.25) is 0 Å². The molecular formula is C15H26N4S. The Morgan fingerprint density at radius 3 is 3.00 bits per heavy atom. The Bertz CT molecular complexity index is 425. The van der Waals surface area contributed by atoms with Gasteiger partial charge in [-0.2, -0.15) is 0 Å². The highest BCUT2D eigenvalue weighted by atomic mass is 32.1.